The van der Waals surface area contributed by atoms with E-state index in [1.165, 1.54) is 44.9 Å². The molecule has 0 aliphatic heterocycles. The van der Waals surface area contributed by atoms with Gasteiger partial charge in [-0.2, -0.15) is 0 Å². The summed E-state index contributed by atoms with van der Waals surface area (Å²) in [4.78, 5) is 12.2. The zero-order valence-electron chi connectivity index (χ0n) is 11.1. The van der Waals surface area contributed by atoms with E-state index in [1.807, 2.05) is 0 Å². The largest absolute Gasteiger partial charge is 0.299 e. The van der Waals surface area contributed by atoms with Gasteiger partial charge in [0.1, 0.15) is 5.78 Å². The van der Waals surface area contributed by atoms with Crippen LogP contribution < -0.4 is 0 Å². The van der Waals surface area contributed by atoms with E-state index in [4.69, 9.17) is 0 Å². The molecule has 1 heteroatoms. The standard InChI is InChI=1S/C15H28O/c1-3-13(4-2)12-15(16)14-10-8-6-5-7-9-11-14/h13-14H,3-12H2,1-2H3. The molecule has 1 nitrogen and oxygen atoms in total. The summed E-state index contributed by atoms with van der Waals surface area (Å²) in [5.41, 5.74) is 0. The third-order valence-electron chi connectivity index (χ3n) is 4.21. The molecule has 0 spiro atoms. The molecule has 0 unspecified atom stereocenters. The highest BCUT2D eigenvalue weighted by Crippen LogP contribution is 2.26. The lowest BCUT2D eigenvalue weighted by atomic mass is 9.84. The fraction of sp³-hybridized carbons (Fsp3) is 0.933. The summed E-state index contributed by atoms with van der Waals surface area (Å²) in [7, 11) is 0. The Morgan fingerprint density at radius 1 is 1.00 bits per heavy atom. The minimum Gasteiger partial charge on any atom is -0.299 e. The summed E-state index contributed by atoms with van der Waals surface area (Å²) < 4.78 is 0. The average Bonchev–Trinajstić information content (AvgIpc) is 2.25. The topological polar surface area (TPSA) is 17.1 Å². The van der Waals surface area contributed by atoms with E-state index in [0.717, 1.165) is 19.3 Å². The van der Waals surface area contributed by atoms with Crippen molar-refractivity contribution < 1.29 is 4.79 Å². The van der Waals surface area contributed by atoms with Gasteiger partial charge in [-0.3, -0.25) is 4.79 Å². The molecule has 1 aliphatic carbocycles. The SMILES string of the molecule is CCC(CC)CC(=O)C1CCCCCCC1. The molecule has 1 rings (SSSR count). The Labute approximate surface area is 101 Å². The van der Waals surface area contributed by atoms with E-state index in [0.29, 0.717) is 17.6 Å². The van der Waals surface area contributed by atoms with E-state index in [2.05, 4.69) is 13.8 Å². The van der Waals surface area contributed by atoms with Crippen LogP contribution in [0.15, 0.2) is 0 Å². The van der Waals surface area contributed by atoms with Gasteiger partial charge in [0, 0.05) is 12.3 Å². The van der Waals surface area contributed by atoms with Crippen LogP contribution in [0.3, 0.4) is 0 Å². The maximum atomic E-state index is 12.2. The summed E-state index contributed by atoms with van der Waals surface area (Å²) in [6.45, 7) is 4.42. The lowest BCUT2D eigenvalue weighted by molar-refractivity contribution is -0.124. The molecule has 0 aromatic carbocycles. The van der Waals surface area contributed by atoms with Crippen molar-refractivity contribution in [2.24, 2.45) is 11.8 Å². The summed E-state index contributed by atoms with van der Waals surface area (Å²) in [5.74, 6) is 1.61. The molecule has 0 radical (unpaired) electrons. The van der Waals surface area contributed by atoms with Gasteiger partial charge in [0.15, 0.2) is 0 Å². The lowest BCUT2D eigenvalue weighted by Crippen LogP contribution is -2.19. The summed E-state index contributed by atoms with van der Waals surface area (Å²) in [5, 5.41) is 0. The molecule has 0 atom stereocenters. The number of ketones is 1. The number of hydrogen-bond donors (Lipinski definition) is 0. The molecule has 1 fully saturated rings. The highest BCUT2D eigenvalue weighted by Gasteiger charge is 2.21. The maximum Gasteiger partial charge on any atom is 0.136 e. The third kappa shape index (κ3) is 4.67. The normalized spacial score (nSPS) is 19.4. The molecule has 16 heavy (non-hydrogen) atoms. The van der Waals surface area contributed by atoms with E-state index in [9.17, 15) is 4.79 Å². The van der Waals surface area contributed by atoms with Gasteiger partial charge >= 0.3 is 0 Å². The highest BCUT2D eigenvalue weighted by atomic mass is 16.1. The van der Waals surface area contributed by atoms with Gasteiger partial charge in [-0.05, 0) is 18.8 Å². The molecule has 1 saturated carbocycles. The van der Waals surface area contributed by atoms with Crippen LogP contribution in [0.2, 0.25) is 0 Å². The van der Waals surface area contributed by atoms with Crippen LogP contribution in [0, 0.1) is 11.8 Å². The van der Waals surface area contributed by atoms with Gasteiger partial charge in [0.05, 0.1) is 0 Å². The van der Waals surface area contributed by atoms with Crippen molar-refractivity contribution in [1.29, 1.82) is 0 Å². The summed E-state index contributed by atoms with van der Waals surface area (Å²) in [6.07, 6.45) is 12.1. The molecule has 0 N–H and O–H groups in total. The van der Waals surface area contributed by atoms with Crippen LogP contribution >= 0.6 is 0 Å². The number of rotatable bonds is 5. The van der Waals surface area contributed by atoms with Gasteiger partial charge in [-0.1, -0.05) is 58.8 Å². The average molecular weight is 224 g/mol. The van der Waals surface area contributed by atoms with Crippen LogP contribution in [0.4, 0.5) is 0 Å². The van der Waals surface area contributed by atoms with Crippen LogP contribution in [0.1, 0.15) is 78.1 Å². The van der Waals surface area contributed by atoms with E-state index in [-0.39, 0.29) is 0 Å². The second-order valence-electron chi connectivity index (χ2n) is 5.39. The van der Waals surface area contributed by atoms with Crippen molar-refractivity contribution in [2.45, 2.75) is 78.1 Å². The van der Waals surface area contributed by atoms with Gasteiger partial charge in [0.25, 0.3) is 0 Å². The molecule has 0 bridgehead atoms. The smallest absolute Gasteiger partial charge is 0.136 e. The first-order valence-electron chi connectivity index (χ1n) is 7.30. The van der Waals surface area contributed by atoms with Crippen LogP contribution in [-0.4, -0.2) is 5.78 Å². The van der Waals surface area contributed by atoms with Crippen molar-refractivity contribution in [3.8, 4) is 0 Å². The van der Waals surface area contributed by atoms with Gasteiger partial charge in [-0.15, -0.1) is 0 Å². The Hall–Kier alpha value is -0.330. The van der Waals surface area contributed by atoms with E-state index in [1.54, 1.807) is 0 Å². The Kier molecular flexibility index (Phi) is 6.75. The van der Waals surface area contributed by atoms with Crippen molar-refractivity contribution in [2.75, 3.05) is 0 Å². The first kappa shape index (κ1) is 13.7. The maximum absolute atomic E-state index is 12.2. The van der Waals surface area contributed by atoms with Gasteiger partial charge in [-0.25, -0.2) is 0 Å². The zero-order valence-corrected chi connectivity index (χ0v) is 11.1. The zero-order chi connectivity index (χ0) is 11.8. The fourth-order valence-corrected chi connectivity index (χ4v) is 2.81. The molecular formula is C15H28O. The molecule has 0 heterocycles. The quantitative estimate of drug-likeness (QED) is 0.659. The van der Waals surface area contributed by atoms with Crippen molar-refractivity contribution in [1.82, 2.24) is 0 Å². The van der Waals surface area contributed by atoms with E-state index >= 15 is 0 Å². The molecule has 1 aliphatic rings. The first-order valence-corrected chi connectivity index (χ1v) is 7.30. The van der Waals surface area contributed by atoms with Crippen molar-refractivity contribution >= 4 is 5.78 Å². The van der Waals surface area contributed by atoms with Crippen molar-refractivity contribution in [3.63, 3.8) is 0 Å². The van der Waals surface area contributed by atoms with Gasteiger partial charge in [0.2, 0.25) is 0 Å². The number of hydrogen-bond acceptors (Lipinski definition) is 1. The molecule has 0 amide bonds. The second kappa shape index (κ2) is 7.86. The van der Waals surface area contributed by atoms with Gasteiger partial charge < -0.3 is 0 Å². The molecular weight excluding hydrogens is 196 g/mol. The minimum absolute atomic E-state index is 0.404. The molecule has 0 saturated heterocycles. The number of carbonyl (C=O) groups is 1. The Bertz CT molecular complexity index is 186. The predicted molar refractivity (Wildman–Crippen MR) is 69.5 cm³/mol. The van der Waals surface area contributed by atoms with Crippen LogP contribution in [0.25, 0.3) is 0 Å². The lowest BCUT2D eigenvalue weighted by Gasteiger charge is -2.20. The first-order chi connectivity index (χ1) is 7.77. The Morgan fingerprint density at radius 3 is 2.00 bits per heavy atom. The summed E-state index contributed by atoms with van der Waals surface area (Å²) in [6, 6.07) is 0. The third-order valence-corrected chi connectivity index (χ3v) is 4.21. The minimum atomic E-state index is 0.404. The summed E-state index contributed by atoms with van der Waals surface area (Å²) >= 11 is 0. The monoisotopic (exact) mass is 224 g/mol. The molecule has 0 aromatic heterocycles. The fourth-order valence-electron chi connectivity index (χ4n) is 2.81. The van der Waals surface area contributed by atoms with Crippen LogP contribution in [-0.2, 0) is 4.79 Å². The number of carbonyl (C=O) groups excluding carboxylic acids is 1. The van der Waals surface area contributed by atoms with Crippen LogP contribution in [0.5, 0.6) is 0 Å². The molecule has 0 aromatic rings. The highest BCUT2D eigenvalue weighted by molar-refractivity contribution is 5.81. The van der Waals surface area contributed by atoms with E-state index < -0.39 is 0 Å². The van der Waals surface area contributed by atoms with Crippen molar-refractivity contribution in [3.05, 3.63) is 0 Å². The Balaban J connectivity index is 2.37. The molecule has 94 valence electrons. The predicted octanol–water partition coefficient (Wildman–Crippen LogP) is 4.74. The Morgan fingerprint density at radius 2 is 1.50 bits per heavy atom. The number of Topliss-reactive ketones (excluding diaryl/α,β-unsaturated/α-hetero) is 1. The second-order valence-corrected chi connectivity index (χ2v) is 5.39.